The summed E-state index contributed by atoms with van der Waals surface area (Å²) in [6, 6.07) is 6.93. The molecule has 1 fully saturated rings. The zero-order chi connectivity index (χ0) is 13.2. The second-order valence-corrected chi connectivity index (χ2v) is 6.34. The molecule has 2 N–H and O–H groups in total. The fourth-order valence-electron chi connectivity index (χ4n) is 3.35. The minimum atomic E-state index is -0.176. The van der Waals surface area contributed by atoms with Crippen molar-refractivity contribution in [2.45, 2.75) is 52.0 Å². The minimum absolute atomic E-state index is 0.176. The SMILES string of the molecule is CC1(C)CCCCC1C(N)Cc1ccc(F)cc1. The van der Waals surface area contributed by atoms with Crippen LogP contribution in [0, 0.1) is 17.2 Å². The van der Waals surface area contributed by atoms with E-state index in [1.54, 1.807) is 0 Å². The molecule has 0 bridgehead atoms. The second-order valence-electron chi connectivity index (χ2n) is 6.34. The van der Waals surface area contributed by atoms with Crippen LogP contribution in [0.5, 0.6) is 0 Å². The van der Waals surface area contributed by atoms with Crippen LogP contribution in [0.25, 0.3) is 0 Å². The van der Waals surface area contributed by atoms with Crippen LogP contribution < -0.4 is 5.73 Å². The molecule has 1 aromatic carbocycles. The fraction of sp³-hybridized carbons (Fsp3) is 0.625. The summed E-state index contributed by atoms with van der Waals surface area (Å²) in [5.74, 6) is 0.404. The molecule has 2 heteroatoms. The zero-order valence-corrected chi connectivity index (χ0v) is 11.5. The highest BCUT2D eigenvalue weighted by Gasteiger charge is 2.35. The third-order valence-corrected chi connectivity index (χ3v) is 4.49. The van der Waals surface area contributed by atoms with E-state index in [0.29, 0.717) is 11.3 Å². The van der Waals surface area contributed by atoms with Crippen LogP contribution in [-0.2, 0) is 6.42 Å². The van der Waals surface area contributed by atoms with E-state index in [-0.39, 0.29) is 11.9 Å². The molecular weight excluding hydrogens is 225 g/mol. The Morgan fingerprint density at radius 3 is 2.56 bits per heavy atom. The highest BCUT2D eigenvalue weighted by Crippen LogP contribution is 2.42. The van der Waals surface area contributed by atoms with Gasteiger partial charge in [0, 0.05) is 6.04 Å². The lowest BCUT2D eigenvalue weighted by Gasteiger charge is -2.42. The zero-order valence-electron chi connectivity index (χ0n) is 11.5. The van der Waals surface area contributed by atoms with Crippen LogP contribution in [0.2, 0.25) is 0 Å². The number of hydrogen-bond acceptors (Lipinski definition) is 1. The molecule has 1 aromatic rings. The Hall–Kier alpha value is -0.890. The van der Waals surface area contributed by atoms with Crippen LogP contribution in [0.3, 0.4) is 0 Å². The summed E-state index contributed by atoms with van der Waals surface area (Å²) in [7, 11) is 0. The van der Waals surface area contributed by atoms with Crippen molar-refractivity contribution in [3.63, 3.8) is 0 Å². The minimum Gasteiger partial charge on any atom is -0.327 e. The average molecular weight is 249 g/mol. The number of rotatable bonds is 3. The van der Waals surface area contributed by atoms with Crippen molar-refractivity contribution in [3.05, 3.63) is 35.6 Å². The Morgan fingerprint density at radius 2 is 1.94 bits per heavy atom. The van der Waals surface area contributed by atoms with Crippen molar-refractivity contribution in [2.24, 2.45) is 17.1 Å². The lowest BCUT2D eigenvalue weighted by Crippen LogP contribution is -2.42. The molecule has 2 rings (SSSR count). The molecule has 0 amide bonds. The second kappa shape index (κ2) is 5.40. The molecule has 2 unspecified atom stereocenters. The maximum absolute atomic E-state index is 12.9. The quantitative estimate of drug-likeness (QED) is 0.863. The third-order valence-electron chi connectivity index (χ3n) is 4.49. The van der Waals surface area contributed by atoms with E-state index >= 15 is 0 Å². The van der Waals surface area contributed by atoms with E-state index in [1.807, 2.05) is 12.1 Å². The normalized spacial score (nSPS) is 24.8. The van der Waals surface area contributed by atoms with Gasteiger partial charge in [0.15, 0.2) is 0 Å². The van der Waals surface area contributed by atoms with Crippen molar-refractivity contribution in [1.29, 1.82) is 0 Å². The van der Waals surface area contributed by atoms with Gasteiger partial charge in [-0.05, 0) is 48.3 Å². The molecule has 1 aliphatic carbocycles. The topological polar surface area (TPSA) is 26.0 Å². The Bertz CT molecular complexity index is 383. The Morgan fingerprint density at radius 1 is 1.28 bits per heavy atom. The number of hydrogen-bond donors (Lipinski definition) is 1. The van der Waals surface area contributed by atoms with Gasteiger partial charge in [-0.1, -0.05) is 38.8 Å². The van der Waals surface area contributed by atoms with Gasteiger partial charge < -0.3 is 5.73 Å². The summed E-state index contributed by atoms with van der Waals surface area (Å²) >= 11 is 0. The molecule has 0 spiro atoms. The maximum atomic E-state index is 12.9. The van der Waals surface area contributed by atoms with Gasteiger partial charge in [0.2, 0.25) is 0 Å². The van der Waals surface area contributed by atoms with E-state index in [9.17, 15) is 4.39 Å². The van der Waals surface area contributed by atoms with Gasteiger partial charge in [0.25, 0.3) is 0 Å². The molecule has 0 radical (unpaired) electrons. The monoisotopic (exact) mass is 249 g/mol. The molecule has 1 nitrogen and oxygen atoms in total. The molecule has 0 aliphatic heterocycles. The molecule has 2 atom stereocenters. The van der Waals surface area contributed by atoms with Crippen LogP contribution >= 0.6 is 0 Å². The summed E-state index contributed by atoms with van der Waals surface area (Å²) in [6.07, 6.45) is 5.98. The van der Waals surface area contributed by atoms with E-state index in [1.165, 1.54) is 37.8 Å². The van der Waals surface area contributed by atoms with Crippen molar-refractivity contribution in [2.75, 3.05) is 0 Å². The van der Waals surface area contributed by atoms with Crippen molar-refractivity contribution < 1.29 is 4.39 Å². The molecule has 100 valence electrons. The van der Waals surface area contributed by atoms with Crippen LogP contribution in [0.15, 0.2) is 24.3 Å². The molecular formula is C16H24FN. The van der Waals surface area contributed by atoms with E-state index in [4.69, 9.17) is 5.73 Å². The van der Waals surface area contributed by atoms with Gasteiger partial charge >= 0.3 is 0 Å². The molecule has 18 heavy (non-hydrogen) atoms. The Balaban J connectivity index is 2.02. The average Bonchev–Trinajstić information content (AvgIpc) is 2.31. The van der Waals surface area contributed by atoms with E-state index in [2.05, 4.69) is 13.8 Å². The number of nitrogens with two attached hydrogens (primary N) is 1. The standard InChI is InChI=1S/C16H24FN/c1-16(2)10-4-3-5-14(16)15(18)11-12-6-8-13(17)9-7-12/h6-9,14-15H,3-5,10-11,18H2,1-2H3. The van der Waals surface area contributed by atoms with Gasteiger partial charge in [0.05, 0.1) is 0 Å². The lowest BCUT2D eigenvalue weighted by molar-refractivity contribution is 0.112. The molecule has 0 aromatic heterocycles. The summed E-state index contributed by atoms with van der Waals surface area (Å²) in [6.45, 7) is 4.67. The fourth-order valence-corrected chi connectivity index (χ4v) is 3.35. The van der Waals surface area contributed by atoms with Gasteiger partial charge in [-0.3, -0.25) is 0 Å². The Kier molecular flexibility index (Phi) is 4.06. The number of halogens is 1. The largest absolute Gasteiger partial charge is 0.327 e. The maximum Gasteiger partial charge on any atom is 0.123 e. The predicted molar refractivity (Wildman–Crippen MR) is 73.8 cm³/mol. The number of benzene rings is 1. The molecule has 1 aliphatic rings. The van der Waals surface area contributed by atoms with Crippen molar-refractivity contribution >= 4 is 0 Å². The lowest BCUT2D eigenvalue weighted by atomic mass is 9.65. The first-order valence-electron chi connectivity index (χ1n) is 6.99. The van der Waals surface area contributed by atoms with Gasteiger partial charge in [-0.25, -0.2) is 4.39 Å². The first-order chi connectivity index (χ1) is 8.49. The highest BCUT2D eigenvalue weighted by molar-refractivity contribution is 5.17. The third kappa shape index (κ3) is 3.11. The van der Waals surface area contributed by atoms with E-state index in [0.717, 1.165) is 12.0 Å². The predicted octanol–water partition coefficient (Wildman–Crippen LogP) is 3.91. The first kappa shape index (κ1) is 13.5. The molecule has 0 heterocycles. The van der Waals surface area contributed by atoms with Crippen molar-refractivity contribution in [3.8, 4) is 0 Å². The van der Waals surface area contributed by atoms with Crippen LogP contribution in [0.4, 0.5) is 4.39 Å². The van der Waals surface area contributed by atoms with Gasteiger partial charge in [-0.15, -0.1) is 0 Å². The van der Waals surface area contributed by atoms with Crippen molar-refractivity contribution in [1.82, 2.24) is 0 Å². The summed E-state index contributed by atoms with van der Waals surface area (Å²) < 4.78 is 12.9. The summed E-state index contributed by atoms with van der Waals surface area (Å²) in [4.78, 5) is 0. The Labute approximate surface area is 110 Å². The first-order valence-corrected chi connectivity index (χ1v) is 6.99. The molecule has 1 saturated carbocycles. The van der Waals surface area contributed by atoms with E-state index < -0.39 is 0 Å². The van der Waals surface area contributed by atoms with Crippen LogP contribution in [-0.4, -0.2) is 6.04 Å². The van der Waals surface area contributed by atoms with Crippen LogP contribution in [0.1, 0.15) is 45.1 Å². The van der Waals surface area contributed by atoms with Gasteiger partial charge in [0.1, 0.15) is 5.82 Å². The smallest absolute Gasteiger partial charge is 0.123 e. The highest BCUT2D eigenvalue weighted by atomic mass is 19.1. The summed E-state index contributed by atoms with van der Waals surface area (Å²) in [5, 5.41) is 0. The van der Waals surface area contributed by atoms with Gasteiger partial charge in [-0.2, -0.15) is 0 Å². The molecule has 0 saturated heterocycles. The summed E-state index contributed by atoms with van der Waals surface area (Å²) in [5.41, 5.74) is 7.89.